The second kappa shape index (κ2) is 5.81. The van der Waals surface area contributed by atoms with Crippen LogP contribution in [0.4, 0.5) is 13.2 Å². The molecule has 2 N–H and O–H groups in total. The summed E-state index contributed by atoms with van der Waals surface area (Å²) in [5.41, 5.74) is 5.19. The molecular weight excluding hydrogens is 295 g/mol. The summed E-state index contributed by atoms with van der Waals surface area (Å²) in [5, 5.41) is 9.09. The number of nitriles is 1. The maximum absolute atomic E-state index is 12.8. The zero-order valence-electron chi connectivity index (χ0n) is 11.4. The third-order valence-electron chi connectivity index (χ3n) is 2.83. The summed E-state index contributed by atoms with van der Waals surface area (Å²) < 4.78 is 38.3. The number of pyridine rings is 1. The molecular formula is C14H10F3N5. The van der Waals surface area contributed by atoms with Crippen molar-refractivity contribution >= 4 is 5.57 Å². The van der Waals surface area contributed by atoms with Gasteiger partial charge >= 0.3 is 6.18 Å². The fraction of sp³-hybridized carbons (Fsp3) is 0.143. The molecule has 0 aliphatic carbocycles. The molecule has 5 nitrogen and oxygen atoms in total. The van der Waals surface area contributed by atoms with Gasteiger partial charge in [0.15, 0.2) is 0 Å². The van der Waals surface area contributed by atoms with E-state index in [4.69, 9.17) is 11.0 Å². The molecule has 8 heteroatoms. The number of aryl methyl sites for hydroxylation is 1. The van der Waals surface area contributed by atoms with Crippen LogP contribution in [-0.2, 0) is 6.18 Å². The van der Waals surface area contributed by atoms with Crippen molar-refractivity contribution < 1.29 is 13.2 Å². The largest absolute Gasteiger partial charge is 0.417 e. The van der Waals surface area contributed by atoms with Gasteiger partial charge in [0.05, 0.1) is 16.8 Å². The first-order chi connectivity index (χ1) is 10.4. The van der Waals surface area contributed by atoms with Gasteiger partial charge in [-0.15, -0.1) is 0 Å². The van der Waals surface area contributed by atoms with Crippen molar-refractivity contribution in [2.24, 2.45) is 5.73 Å². The molecule has 0 aliphatic heterocycles. The third kappa shape index (κ3) is 3.03. The molecule has 0 saturated carbocycles. The van der Waals surface area contributed by atoms with Crippen LogP contribution in [0.1, 0.15) is 28.2 Å². The lowest BCUT2D eigenvalue weighted by molar-refractivity contribution is -0.137. The van der Waals surface area contributed by atoms with Crippen LogP contribution in [0.2, 0.25) is 0 Å². The maximum Gasteiger partial charge on any atom is 0.417 e. The van der Waals surface area contributed by atoms with Crippen molar-refractivity contribution in [3.05, 3.63) is 59.1 Å². The second-order valence-corrected chi connectivity index (χ2v) is 4.33. The Hall–Kier alpha value is -2.95. The lowest BCUT2D eigenvalue weighted by atomic mass is 10.0. The van der Waals surface area contributed by atoms with Gasteiger partial charge in [-0.25, -0.2) is 9.97 Å². The molecule has 112 valence electrons. The lowest BCUT2D eigenvalue weighted by Gasteiger charge is -2.11. The number of aromatic nitrogens is 3. The summed E-state index contributed by atoms with van der Waals surface area (Å²) in [4.78, 5) is 11.6. The summed E-state index contributed by atoms with van der Waals surface area (Å²) in [6, 6.07) is 2.80. The monoisotopic (exact) mass is 305 g/mol. The predicted octanol–water partition coefficient (Wildman–Crippen LogP) is 2.42. The highest BCUT2D eigenvalue weighted by Crippen LogP contribution is 2.31. The molecule has 2 rings (SSSR count). The highest BCUT2D eigenvalue weighted by atomic mass is 19.4. The van der Waals surface area contributed by atoms with Crippen LogP contribution in [0.25, 0.3) is 5.57 Å². The van der Waals surface area contributed by atoms with Gasteiger partial charge in [-0.05, 0) is 13.0 Å². The molecule has 22 heavy (non-hydrogen) atoms. The van der Waals surface area contributed by atoms with E-state index in [0.29, 0.717) is 12.0 Å². The highest BCUT2D eigenvalue weighted by Gasteiger charge is 2.31. The van der Waals surface area contributed by atoms with Gasteiger partial charge in [0.25, 0.3) is 0 Å². The van der Waals surface area contributed by atoms with Crippen molar-refractivity contribution in [3.63, 3.8) is 0 Å². The van der Waals surface area contributed by atoms with Crippen molar-refractivity contribution in [2.75, 3.05) is 0 Å². The summed E-state index contributed by atoms with van der Waals surface area (Å²) >= 11 is 0. The Morgan fingerprint density at radius 3 is 2.64 bits per heavy atom. The van der Waals surface area contributed by atoms with Gasteiger partial charge in [0.1, 0.15) is 11.9 Å². The molecule has 0 aromatic carbocycles. The fourth-order valence-corrected chi connectivity index (χ4v) is 1.81. The van der Waals surface area contributed by atoms with Crippen LogP contribution in [-0.4, -0.2) is 15.0 Å². The maximum atomic E-state index is 12.8. The van der Waals surface area contributed by atoms with Crippen LogP contribution in [0.5, 0.6) is 0 Å². The highest BCUT2D eigenvalue weighted by molar-refractivity contribution is 5.80. The summed E-state index contributed by atoms with van der Waals surface area (Å²) in [5.74, 6) is 0.369. The van der Waals surface area contributed by atoms with Crippen LogP contribution < -0.4 is 5.73 Å². The van der Waals surface area contributed by atoms with E-state index in [1.807, 2.05) is 6.07 Å². The van der Waals surface area contributed by atoms with Crippen LogP contribution in [0.3, 0.4) is 0 Å². The molecule has 0 saturated heterocycles. The van der Waals surface area contributed by atoms with Gasteiger partial charge < -0.3 is 5.73 Å². The first-order valence-electron chi connectivity index (χ1n) is 6.05. The molecule has 2 aromatic heterocycles. The second-order valence-electron chi connectivity index (χ2n) is 4.33. The van der Waals surface area contributed by atoms with E-state index >= 15 is 0 Å². The lowest BCUT2D eigenvalue weighted by Crippen LogP contribution is -2.08. The van der Waals surface area contributed by atoms with Gasteiger partial charge in [-0.1, -0.05) is 0 Å². The fourth-order valence-electron chi connectivity index (χ4n) is 1.81. The van der Waals surface area contributed by atoms with E-state index in [0.717, 1.165) is 12.3 Å². The minimum atomic E-state index is -4.53. The summed E-state index contributed by atoms with van der Waals surface area (Å²) in [6.45, 7) is 1.60. The van der Waals surface area contributed by atoms with Gasteiger partial charge in [-0.2, -0.15) is 18.4 Å². The zero-order valence-corrected chi connectivity index (χ0v) is 11.4. The van der Waals surface area contributed by atoms with Crippen molar-refractivity contribution in [1.29, 1.82) is 5.26 Å². The van der Waals surface area contributed by atoms with Crippen molar-refractivity contribution in [3.8, 4) is 6.07 Å². The van der Waals surface area contributed by atoms with Crippen LogP contribution in [0.15, 0.2) is 30.9 Å². The first kappa shape index (κ1) is 15.4. The Balaban J connectivity index is 2.60. The average Bonchev–Trinajstić information content (AvgIpc) is 2.48. The van der Waals surface area contributed by atoms with Gasteiger partial charge in [0, 0.05) is 35.9 Å². The average molecular weight is 305 g/mol. The van der Waals surface area contributed by atoms with Gasteiger partial charge in [0.2, 0.25) is 0 Å². The molecule has 0 unspecified atom stereocenters. The number of nitrogens with zero attached hydrogens (tertiary/aromatic N) is 4. The smallest absolute Gasteiger partial charge is 0.404 e. The SMILES string of the molecule is Cc1ncc(C#N)c(/C(=C/N)c2cncc(C(F)(F)F)c2)n1. The Kier molecular flexibility index (Phi) is 4.08. The summed E-state index contributed by atoms with van der Waals surface area (Å²) in [6.07, 6.45) is -0.190. The predicted molar refractivity (Wildman–Crippen MR) is 72.0 cm³/mol. The Morgan fingerprint density at radius 2 is 2.05 bits per heavy atom. The van der Waals surface area contributed by atoms with Crippen molar-refractivity contribution in [2.45, 2.75) is 13.1 Å². The third-order valence-corrected chi connectivity index (χ3v) is 2.83. The number of rotatable bonds is 2. The van der Waals surface area contributed by atoms with E-state index in [1.54, 1.807) is 6.92 Å². The topological polar surface area (TPSA) is 88.5 Å². The van der Waals surface area contributed by atoms with E-state index in [2.05, 4.69) is 15.0 Å². The quantitative estimate of drug-likeness (QED) is 0.920. The molecule has 0 radical (unpaired) electrons. The number of hydrogen-bond acceptors (Lipinski definition) is 5. The van der Waals surface area contributed by atoms with E-state index in [9.17, 15) is 13.2 Å². The molecule has 0 aliphatic rings. The van der Waals surface area contributed by atoms with Crippen molar-refractivity contribution in [1.82, 2.24) is 15.0 Å². The standard InChI is InChI=1S/C14H10F3N5/c1-8-21-6-10(3-18)13(22-8)12(4-19)9-2-11(7-20-5-9)14(15,16)17/h2,4-7H,19H2,1H3/b12-4+. The number of alkyl halides is 3. The molecule has 0 atom stereocenters. The van der Waals surface area contributed by atoms with E-state index < -0.39 is 11.7 Å². The zero-order chi connectivity index (χ0) is 16.3. The van der Waals surface area contributed by atoms with Gasteiger partial charge in [-0.3, -0.25) is 4.98 Å². The number of halogens is 3. The van der Waals surface area contributed by atoms with Crippen LogP contribution in [0, 0.1) is 18.3 Å². The summed E-state index contributed by atoms with van der Waals surface area (Å²) in [7, 11) is 0. The Morgan fingerprint density at radius 1 is 1.32 bits per heavy atom. The number of hydrogen-bond donors (Lipinski definition) is 1. The molecule has 0 bridgehead atoms. The minimum absolute atomic E-state index is 0.111. The Labute approximate surface area is 124 Å². The van der Waals surface area contributed by atoms with E-state index in [1.165, 1.54) is 12.4 Å². The first-order valence-corrected chi connectivity index (χ1v) is 6.05. The molecule has 2 aromatic rings. The van der Waals surface area contributed by atoms with E-state index in [-0.39, 0.29) is 22.4 Å². The molecule has 2 heterocycles. The number of nitrogens with two attached hydrogens (primary N) is 1. The molecule has 0 amide bonds. The molecule has 0 spiro atoms. The van der Waals surface area contributed by atoms with Crippen LogP contribution >= 0.6 is 0 Å². The molecule has 0 fully saturated rings. The Bertz CT molecular complexity index is 775. The normalized spacial score (nSPS) is 12.0. The minimum Gasteiger partial charge on any atom is -0.404 e.